The number of pyridine rings is 1. The Morgan fingerprint density at radius 1 is 1.30 bits per heavy atom. The second-order valence-corrected chi connectivity index (χ2v) is 5.16. The summed E-state index contributed by atoms with van der Waals surface area (Å²) in [6.45, 7) is 1.80. The number of nitrogens with zero attached hydrogens (tertiary/aromatic N) is 1. The first-order chi connectivity index (χ1) is 10.8. The van der Waals surface area contributed by atoms with Gasteiger partial charge in [0, 0.05) is 12.3 Å². The number of carbonyl (C=O) groups is 1. The Hall–Kier alpha value is -2.34. The van der Waals surface area contributed by atoms with Gasteiger partial charge in [-0.1, -0.05) is 17.7 Å². The molecule has 0 fully saturated rings. The zero-order chi connectivity index (χ0) is 17.0. The molecule has 0 saturated heterocycles. The summed E-state index contributed by atoms with van der Waals surface area (Å²) in [5, 5.41) is 2.22. The summed E-state index contributed by atoms with van der Waals surface area (Å²) >= 11 is 5.54. The molecule has 0 unspecified atom stereocenters. The molecule has 0 radical (unpaired) electrons. The van der Waals surface area contributed by atoms with Crippen LogP contribution in [-0.4, -0.2) is 10.9 Å². The Labute approximate surface area is 135 Å². The molecule has 0 atom stereocenters. The van der Waals surface area contributed by atoms with Gasteiger partial charge in [0.1, 0.15) is 0 Å². The van der Waals surface area contributed by atoms with Gasteiger partial charge in [0.25, 0.3) is 0 Å². The fraction of sp³-hybridized carbons (Fsp3) is 0.125. The number of carbonyl (C=O) groups excluding carboxylic acids is 1. The highest BCUT2D eigenvalue weighted by molar-refractivity contribution is 6.31. The highest BCUT2D eigenvalue weighted by atomic mass is 35.5. The number of hydrogen-bond acceptors (Lipinski definition) is 2. The molecule has 1 aromatic carbocycles. The summed E-state index contributed by atoms with van der Waals surface area (Å²) < 4.78 is 38.3. The first-order valence-electron chi connectivity index (χ1n) is 6.54. The number of rotatable bonds is 3. The van der Waals surface area contributed by atoms with E-state index in [1.54, 1.807) is 19.2 Å². The largest absolute Gasteiger partial charge is 0.417 e. The first-order valence-corrected chi connectivity index (χ1v) is 6.91. The highest BCUT2D eigenvalue weighted by Gasteiger charge is 2.33. The molecule has 1 heterocycles. The molecule has 23 heavy (non-hydrogen) atoms. The molecule has 0 aliphatic rings. The fourth-order valence-corrected chi connectivity index (χ4v) is 2.03. The van der Waals surface area contributed by atoms with Gasteiger partial charge in [-0.15, -0.1) is 0 Å². The maximum Gasteiger partial charge on any atom is 0.417 e. The van der Waals surface area contributed by atoms with Crippen LogP contribution in [0.3, 0.4) is 0 Å². The molecular weight excluding hydrogens is 329 g/mol. The number of aryl methyl sites for hydroxylation is 1. The number of halogens is 4. The van der Waals surface area contributed by atoms with E-state index in [0.717, 1.165) is 23.8 Å². The van der Waals surface area contributed by atoms with E-state index < -0.39 is 17.6 Å². The van der Waals surface area contributed by atoms with Crippen LogP contribution in [0.4, 0.5) is 18.9 Å². The average Bonchev–Trinajstić information content (AvgIpc) is 2.47. The summed E-state index contributed by atoms with van der Waals surface area (Å²) in [5.74, 6) is -0.468. The Balaban J connectivity index is 2.14. The lowest BCUT2D eigenvalue weighted by Gasteiger charge is -2.09. The van der Waals surface area contributed by atoms with Crippen LogP contribution in [0.2, 0.25) is 5.02 Å². The number of amides is 1. The summed E-state index contributed by atoms with van der Waals surface area (Å²) in [7, 11) is 0. The van der Waals surface area contributed by atoms with Crippen molar-refractivity contribution in [2.75, 3.05) is 5.32 Å². The lowest BCUT2D eigenvalue weighted by atomic mass is 10.1. The van der Waals surface area contributed by atoms with Crippen molar-refractivity contribution in [3.63, 3.8) is 0 Å². The zero-order valence-electron chi connectivity index (χ0n) is 12.0. The molecule has 0 saturated carbocycles. The number of hydrogen-bond donors (Lipinski definition) is 1. The van der Waals surface area contributed by atoms with Gasteiger partial charge < -0.3 is 5.32 Å². The molecule has 0 bridgehead atoms. The molecule has 0 aliphatic carbocycles. The minimum absolute atomic E-state index is 0.222. The van der Waals surface area contributed by atoms with Crippen molar-refractivity contribution in [1.82, 2.24) is 4.98 Å². The maximum absolute atomic E-state index is 12.8. The van der Waals surface area contributed by atoms with Crippen molar-refractivity contribution in [2.24, 2.45) is 0 Å². The lowest BCUT2D eigenvalue weighted by Crippen LogP contribution is -2.09. The molecule has 0 aliphatic heterocycles. The summed E-state index contributed by atoms with van der Waals surface area (Å²) in [6.07, 6.45) is 0.969. The van der Waals surface area contributed by atoms with Crippen LogP contribution >= 0.6 is 11.6 Å². The number of nitrogens with one attached hydrogen (secondary N) is 1. The molecule has 120 valence electrons. The van der Waals surface area contributed by atoms with Crippen LogP contribution < -0.4 is 5.32 Å². The zero-order valence-corrected chi connectivity index (χ0v) is 12.7. The van der Waals surface area contributed by atoms with E-state index in [0.29, 0.717) is 5.69 Å². The van der Waals surface area contributed by atoms with Crippen molar-refractivity contribution in [2.45, 2.75) is 13.1 Å². The molecule has 1 aromatic heterocycles. The number of alkyl halides is 3. The predicted octanol–water partition coefficient (Wildman–Crippen LogP) is 4.71. The molecule has 7 heteroatoms. The van der Waals surface area contributed by atoms with Crippen LogP contribution in [0.25, 0.3) is 6.08 Å². The molecule has 2 rings (SSSR count). The Morgan fingerprint density at radius 2 is 2.04 bits per heavy atom. The third-order valence-corrected chi connectivity index (χ3v) is 3.35. The SMILES string of the molecule is Cc1ccncc1NC(=O)C=Cc1ccc(Cl)c(C(F)(F)F)c1. The Morgan fingerprint density at radius 3 is 2.70 bits per heavy atom. The van der Waals surface area contributed by atoms with Gasteiger partial charge in [0.15, 0.2) is 0 Å². The van der Waals surface area contributed by atoms with Crippen LogP contribution in [0, 0.1) is 6.92 Å². The van der Waals surface area contributed by atoms with E-state index in [1.165, 1.54) is 18.3 Å². The Kier molecular flexibility index (Phi) is 5.05. The predicted molar refractivity (Wildman–Crippen MR) is 83.1 cm³/mol. The fourth-order valence-electron chi connectivity index (χ4n) is 1.80. The monoisotopic (exact) mass is 340 g/mol. The van der Waals surface area contributed by atoms with Crippen molar-refractivity contribution in [1.29, 1.82) is 0 Å². The van der Waals surface area contributed by atoms with E-state index in [-0.39, 0.29) is 10.6 Å². The second kappa shape index (κ2) is 6.83. The quantitative estimate of drug-likeness (QED) is 0.822. The average molecular weight is 341 g/mol. The van der Waals surface area contributed by atoms with Crippen molar-refractivity contribution >= 4 is 29.3 Å². The first kappa shape index (κ1) is 17.0. The molecule has 3 nitrogen and oxygen atoms in total. The van der Waals surface area contributed by atoms with E-state index in [2.05, 4.69) is 10.3 Å². The smallest absolute Gasteiger partial charge is 0.321 e. The van der Waals surface area contributed by atoms with Gasteiger partial charge in [-0.2, -0.15) is 13.2 Å². The second-order valence-electron chi connectivity index (χ2n) is 4.75. The summed E-state index contributed by atoms with van der Waals surface area (Å²) in [4.78, 5) is 15.7. The van der Waals surface area contributed by atoms with E-state index in [9.17, 15) is 18.0 Å². The minimum atomic E-state index is -4.55. The highest BCUT2D eigenvalue weighted by Crippen LogP contribution is 2.35. The number of anilines is 1. The Bertz CT molecular complexity index is 757. The van der Waals surface area contributed by atoms with Crippen LogP contribution in [0.5, 0.6) is 0 Å². The topological polar surface area (TPSA) is 42.0 Å². The lowest BCUT2D eigenvalue weighted by molar-refractivity contribution is -0.137. The van der Waals surface area contributed by atoms with E-state index in [4.69, 9.17) is 11.6 Å². The molecule has 0 spiro atoms. The van der Waals surface area contributed by atoms with Gasteiger partial charge in [-0.05, 0) is 42.3 Å². The molecule has 2 aromatic rings. The summed E-state index contributed by atoms with van der Waals surface area (Å²) in [5.41, 5.74) is 0.645. The van der Waals surface area contributed by atoms with Crippen LogP contribution in [0.1, 0.15) is 16.7 Å². The standard InChI is InChI=1S/C16H12ClF3N2O/c1-10-6-7-21-9-14(10)22-15(23)5-3-11-2-4-13(17)12(8-11)16(18,19)20/h2-9H,1H3,(H,22,23). The third kappa shape index (κ3) is 4.56. The number of aromatic nitrogens is 1. The van der Waals surface area contributed by atoms with Gasteiger partial charge in [-0.3, -0.25) is 9.78 Å². The van der Waals surface area contributed by atoms with Crippen molar-refractivity contribution in [3.05, 3.63) is 64.4 Å². The van der Waals surface area contributed by atoms with Crippen molar-refractivity contribution in [3.8, 4) is 0 Å². The van der Waals surface area contributed by atoms with Gasteiger partial charge in [0.05, 0.1) is 22.5 Å². The molecule has 1 N–H and O–H groups in total. The summed E-state index contributed by atoms with van der Waals surface area (Å²) in [6, 6.07) is 5.17. The van der Waals surface area contributed by atoms with Crippen LogP contribution in [0.15, 0.2) is 42.7 Å². The maximum atomic E-state index is 12.8. The van der Waals surface area contributed by atoms with Gasteiger partial charge in [-0.25, -0.2) is 0 Å². The van der Waals surface area contributed by atoms with Crippen LogP contribution in [-0.2, 0) is 11.0 Å². The van der Waals surface area contributed by atoms with E-state index >= 15 is 0 Å². The van der Waals surface area contributed by atoms with E-state index in [1.807, 2.05) is 0 Å². The van der Waals surface area contributed by atoms with Crippen molar-refractivity contribution < 1.29 is 18.0 Å². The molecule has 1 amide bonds. The van der Waals surface area contributed by atoms with Gasteiger partial charge >= 0.3 is 6.18 Å². The van der Waals surface area contributed by atoms with Gasteiger partial charge in [0.2, 0.25) is 5.91 Å². The third-order valence-electron chi connectivity index (χ3n) is 3.02. The minimum Gasteiger partial charge on any atom is -0.321 e. The molecular formula is C16H12ClF3N2O. The normalized spacial score (nSPS) is 11.7. The number of benzene rings is 1.